The Bertz CT molecular complexity index is 1280. The Balaban J connectivity index is 1.57. The first-order valence-electron chi connectivity index (χ1n) is 11.9. The molecule has 1 heterocycles. The number of benzene rings is 3. The van der Waals surface area contributed by atoms with E-state index in [-0.39, 0.29) is 23.5 Å². The molecule has 2 aliphatic rings. The Morgan fingerprint density at radius 2 is 1.76 bits per heavy atom. The van der Waals surface area contributed by atoms with Crippen LogP contribution in [0.3, 0.4) is 0 Å². The second-order valence-electron chi connectivity index (χ2n) is 8.55. The maximum absolute atomic E-state index is 14.4. The van der Waals surface area contributed by atoms with Gasteiger partial charge in [-0.1, -0.05) is 61.7 Å². The molecule has 0 spiro atoms. The van der Waals surface area contributed by atoms with Crippen LogP contribution in [-0.2, 0) is 4.79 Å². The van der Waals surface area contributed by atoms with Crippen molar-refractivity contribution in [3.63, 3.8) is 0 Å². The van der Waals surface area contributed by atoms with Gasteiger partial charge in [0.2, 0.25) is 0 Å². The van der Waals surface area contributed by atoms with Gasteiger partial charge in [-0.3, -0.25) is 9.69 Å². The topological polar surface area (TPSA) is 41.9 Å². The Morgan fingerprint density at radius 3 is 2.53 bits per heavy atom. The number of amides is 1. The van der Waals surface area contributed by atoms with Crippen molar-refractivity contribution in [2.45, 2.75) is 45.1 Å². The van der Waals surface area contributed by atoms with Crippen LogP contribution in [0.4, 0.5) is 10.1 Å². The second-order valence-corrected chi connectivity index (χ2v) is 9.56. The van der Waals surface area contributed by atoms with Crippen LogP contribution in [0.1, 0.15) is 44.6 Å². The molecule has 0 aromatic heterocycles. The monoisotopic (exact) mass is 474 g/mol. The quantitative estimate of drug-likeness (QED) is 0.364. The molecular weight excluding hydrogens is 447 g/mol. The highest BCUT2D eigenvalue weighted by Gasteiger charge is 2.38. The predicted molar refractivity (Wildman–Crippen MR) is 138 cm³/mol. The van der Waals surface area contributed by atoms with Crippen molar-refractivity contribution < 1.29 is 13.9 Å². The number of hydrogen-bond acceptors (Lipinski definition) is 4. The number of amidine groups is 1. The van der Waals surface area contributed by atoms with Crippen molar-refractivity contribution in [3.8, 4) is 5.75 Å². The number of fused-ring (bicyclic) bond motifs is 1. The first-order valence-corrected chi connectivity index (χ1v) is 12.7. The van der Waals surface area contributed by atoms with Gasteiger partial charge in [-0.2, -0.15) is 0 Å². The van der Waals surface area contributed by atoms with Crippen molar-refractivity contribution in [3.05, 3.63) is 76.9 Å². The molecule has 174 valence electrons. The molecule has 3 aromatic rings. The molecule has 4 nitrogen and oxygen atoms in total. The Hall–Kier alpha value is -3.12. The van der Waals surface area contributed by atoms with Gasteiger partial charge in [0.05, 0.1) is 11.5 Å². The lowest BCUT2D eigenvalue weighted by Crippen LogP contribution is -2.40. The molecular formula is C28H27FN2O2S. The van der Waals surface area contributed by atoms with E-state index in [9.17, 15) is 9.18 Å². The standard InChI is InChI=1S/C28H27FN2O2S/c1-2-33-25-17-16-19(21-12-6-7-13-22(21)25)18-26-27(32)31(20-10-4-3-5-11-20)28(34-26)30-24-15-9-8-14-23(24)29/h6-9,12-18,20H,2-5,10-11H2,1H3/b26-18-,30-28?. The molecule has 1 aliphatic heterocycles. The van der Waals surface area contributed by atoms with Crippen molar-refractivity contribution >= 4 is 45.4 Å². The number of aliphatic imine (C=N–C) groups is 1. The van der Waals surface area contributed by atoms with E-state index in [0.717, 1.165) is 47.8 Å². The van der Waals surface area contributed by atoms with E-state index in [1.54, 1.807) is 23.1 Å². The van der Waals surface area contributed by atoms with Gasteiger partial charge in [-0.25, -0.2) is 9.38 Å². The number of carbonyl (C=O) groups excluding carboxylic acids is 1. The van der Waals surface area contributed by atoms with Gasteiger partial charge < -0.3 is 4.74 Å². The van der Waals surface area contributed by atoms with E-state index < -0.39 is 0 Å². The summed E-state index contributed by atoms with van der Waals surface area (Å²) >= 11 is 1.33. The number of thioether (sulfide) groups is 1. The van der Waals surface area contributed by atoms with E-state index in [4.69, 9.17) is 4.74 Å². The molecule has 5 rings (SSSR count). The molecule has 6 heteroatoms. The normalized spacial score (nSPS) is 19.5. The van der Waals surface area contributed by atoms with Gasteiger partial charge in [0.1, 0.15) is 17.3 Å². The molecule has 2 fully saturated rings. The van der Waals surface area contributed by atoms with Gasteiger partial charge in [-0.05, 0) is 66.8 Å². The second kappa shape index (κ2) is 10.0. The van der Waals surface area contributed by atoms with Crippen LogP contribution in [0, 0.1) is 5.82 Å². The third kappa shape index (κ3) is 4.47. The highest BCUT2D eigenvalue weighted by atomic mass is 32.2. The molecule has 3 aromatic carbocycles. The minimum atomic E-state index is -0.387. The van der Waals surface area contributed by atoms with Crippen molar-refractivity contribution in [2.75, 3.05) is 6.61 Å². The summed E-state index contributed by atoms with van der Waals surface area (Å²) in [6.45, 7) is 2.56. The molecule has 34 heavy (non-hydrogen) atoms. The third-order valence-corrected chi connectivity index (χ3v) is 7.33. The number of hydrogen-bond donors (Lipinski definition) is 0. The van der Waals surface area contributed by atoms with Crippen LogP contribution in [0.2, 0.25) is 0 Å². The number of ether oxygens (including phenoxy) is 1. The first kappa shape index (κ1) is 22.7. The zero-order valence-corrected chi connectivity index (χ0v) is 20.0. The number of carbonyl (C=O) groups is 1. The molecule has 1 amide bonds. The Labute approximate surface area is 203 Å². The average molecular weight is 475 g/mol. The molecule has 1 saturated heterocycles. The number of rotatable bonds is 5. The van der Waals surface area contributed by atoms with Crippen molar-refractivity contribution in [1.82, 2.24) is 4.90 Å². The lowest BCUT2D eigenvalue weighted by atomic mass is 9.94. The fraction of sp³-hybridized carbons (Fsp3) is 0.286. The van der Waals surface area contributed by atoms with Gasteiger partial charge >= 0.3 is 0 Å². The number of para-hydroxylation sites is 1. The zero-order chi connectivity index (χ0) is 23.5. The SMILES string of the molecule is CCOc1ccc(/C=C2\SC(=Nc3ccccc3F)N(C3CCCCC3)C2=O)c2ccccc12. The largest absolute Gasteiger partial charge is 0.493 e. The molecule has 0 radical (unpaired) electrons. The summed E-state index contributed by atoms with van der Waals surface area (Å²) in [5.41, 5.74) is 1.21. The van der Waals surface area contributed by atoms with Gasteiger partial charge in [0, 0.05) is 11.4 Å². The first-order chi connectivity index (χ1) is 16.7. The van der Waals surface area contributed by atoms with E-state index in [1.165, 1.54) is 24.2 Å². The Morgan fingerprint density at radius 1 is 1.03 bits per heavy atom. The molecule has 0 atom stereocenters. The summed E-state index contributed by atoms with van der Waals surface area (Å²) < 4.78 is 20.2. The molecule has 1 saturated carbocycles. The highest BCUT2D eigenvalue weighted by Crippen LogP contribution is 2.40. The maximum atomic E-state index is 14.4. The smallest absolute Gasteiger partial charge is 0.267 e. The molecule has 0 unspecified atom stereocenters. The number of halogens is 1. The highest BCUT2D eigenvalue weighted by molar-refractivity contribution is 8.18. The van der Waals surface area contributed by atoms with Gasteiger partial charge in [-0.15, -0.1) is 0 Å². The molecule has 1 aliphatic carbocycles. The summed E-state index contributed by atoms with van der Waals surface area (Å²) in [4.78, 5) is 20.7. The number of nitrogens with zero attached hydrogens (tertiary/aromatic N) is 2. The summed E-state index contributed by atoms with van der Waals surface area (Å²) in [5, 5.41) is 2.60. The van der Waals surface area contributed by atoms with Crippen LogP contribution >= 0.6 is 11.8 Å². The fourth-order valence-electron chi connectivity index (χ4n) is 4.71. The summed E-state index contributed by atoms with van der Waals surface area (Å²) in [5.74, 6) is 0.392. The van der Waals surface area contributed by atoms with Crippen LogP contribution in [-0.4, -0.2) is 28.6 Å². The minimum absolute atomic E-state index is 0.0510. The minimum Gasteiger partial charge on any atom is -0.493 e. The predicted octanol–water partition coefficient (Wildman–Crippen LogP) is 7.31. The fourth-order valence-corrected chi connectivity index (χ4v) is 5.76. The van der Waals surface area contributed by atoms with Crippen molar-refractivity contribution in [1.29, 1.82) is 0 Å². The van der Waals surface area contributed by atoms with E-state index in [2.05, 4.69) is 4.99 Å². The lowest BCUT2D eigenvalue weighted by molar-refractivity contribution is -0.124. The van der Waals surface area contributed by atoms with E-state index in [0.29, 0.717) is 16.7 Å². The van der Waals surface area contributed by atoms with Gasteiger partial charge in [0.25, 0.3) is 5.91 Å². The van der Waals surface area contributed by atoms with Crippen LogP contribution < -0.4 is 4.74 Å². The summed E-state index contributed by atoms with van der Waals surface area (Å²) in [7, 11) is 0. The summed E-state index contributed by atoms with van der Waals surface area (Å²) in [6, 6.07) is 18.5. The van der Waals surface area contributed by atoms with Gasteiger partial charge in [0.15, 0.2) is 5.17 Å². The van der Waals surface area contributed by atoms with E-state index >= 15 is 0 Å². The third-order valence-electron chi connectivity index (χ3n) is 6.35. The summed E-state index contributed by atoms with van der Waals surface area (Å²) in [6.07, 6.45) is 7.20. The van der Waals surface area contributed by atoms with Crippen molar-refractivity contribution in [2.24, 2.45) is 4.99 Å². The van der Waals surface area contributed by atoms with E-state index in [1.807, 2.05) is 49.4 Å². The van der Waals surface area contributed by atoms with Crippen LogP contribution in [0.15, 0.2) is 70.6 Å². The molecule has 0 N–H and O–H groups in total. The lowest BCUT2D eigenvalue weighted by Gasteiger charge is -2.30. The van der Waals surface area contributed by atoms with Crippen LogP contribution in [0.25, 0.3) is 16.8 Å². The zero-order valence-electron chi connectivity index (χ0n) is 19.2. The van der Waals surface area contributed by atoms with Crippen LogP contribution in [0.5, 0.6) is 5.75 Å². The molecule has 0 bridgehead atoms. The Kier molecular flexibility index (Phi) is 6.68. The average Bonchev–Trinajstić information content (AvgIpc) is 3.17. The maximum Gasteiger partial charge on any atom is 0.267 e.